The third kappa shape index (κ3) is 5.51. The van der Waals surface area contributed by atoms with E-state index in [1.54, 1.807) is 24.3 Å². The molecule has 1 heterocycles. The Labute approximate surface area is 219 Å². The monoisotopic (exact) mass is 568 g/mol. The first kappa shape index (κ1) is 26.0. The second kappa shape index (κ2) is 10.9. The summed E-state index contributed by atoms with van der Waals surface area (Å²) in [4.78, 5) is 29.0. The molecule has 190 valence electrons. The van der Waals surface area contributed by atoms with E-state index >= 15 is 0 Å². The largest absolute Gasteiger partial charge is 0.493 e. The SMILES string of the molecule is COc1cc(C=Nn2c(C(C)C)nc3ccc(Br)cc3c2=O)cc([N+](=O)[O-])c1OCc1ccccc1F. The van der Waals surface area contributed by atoms with Gasteiger partial charge in [-0.1, -0.05) is 48.0 Å². The summed E-state index contributed by atoms with van der Waals surface area (Å²) in [5, 5.41) is 16.5. The molecule has 37 heavy (non-hydrogen) atoms. The number of hydrogen-bond acceptors (Lipinski definition) is 7. The summed E-state index contributed by atoms with van der Waals surface area (Å²) in [5.74, 6) is -0.275. The van der Waals surface area contributed by atoms with Gasteiger partial charge in [0.25, 0.3) is 5.56 Å². The second-order valence-electron chi connectivity index (χ2n) is 8.36. The van der Waals surface area contributed by atoms with Crippen LogP contribution in [-0.2, 0) is 6.61 Å². The van der Waals surface area contributed by atoms with Crippen LogP contribution in [0, 0.1) is 15.9 Å². The molecule has 0 bridgehead atoms. The molecule has 0 aliphatic carbocycles. The molecule has 0 saturated heterocycles. The molecule has 1 aromatic heterocycles. The first-order chi connectivity index (χ1) is 17.7. The molecule has 0 fully saturated rings. The van der Waals surface area contributed by atoms with Crippen LogP contribution in [-0.4, -0.2) is 27.9 Å². The summed E-state index contributed by atoms with van der Waals surface area (Å²) >= 11 is 3.37. The zero-order chi connectivity index (χ0) is 26.7. The van der Waals surface area contributed by atoms with Crippen molar-refractivity contribution >= 4 is 38.7 Å². The Hall–Kier alpha value is -4.12. The smallest absolute Gasteiger partial charge is 0.315 e. The average Bonchev–Trinajstić information content (AvgIpc) is 2.87. The van der Waals surface area contributed by atoms with E-state index < -0.39 is 16.4 Å². The van der Waals surface area contributed by atoms with Crippen molar-refractivity contribution in [3.8, 4) is 11.5 Å². The van der Waals surface area contributed by atoms with Crippen molar-refractivity contribution in [1.29, 1.82) is 0 Å². The van der Waals surface area contributed by atoms with Crippen molar-refractivity contribution in [3.05, 3.63) is 102 Å². The van der Waals surface area contributed by atoms with E-state index in [1.165, 1.54) is 48.3 Å². The zero-order valence-electron chi connectivity index (χ0n) is 20.1. The lowest BCUT2D eigenvalue weighted by molar-refractivity contribution is -0.386. The topological polar surface area (TPSA) is 109 Å². The van der Waals surface area contributed by atoms with Crippen LogP contribution in [0.3, 0.4) is 0 Å². The Morgan fingerprint density at radius 1 is 1.22 bits per heavy atom. The van der Waals surface area contributed by atoms with Gasteiger partial charge < -0.3 is 9.47 Å². The fourth-order valence-corrected chi connectivity index (χ4v) is 4.02. The highest BCUT2D eigenvalue weighted by Crippen LogP contribution is 2.38. The lowest BCUT2D eigenvalue weighted by Crippen LogP contribution is -2.23. The standard InChI is InChI=1S/C26H22BrFN4O5/c1-15(2)25-30-21-9-8-18(27)12-19(21)26(33)31(25)29-13-16-10-22(32(34)35)24(23(11-16)36-3)37-14-17-6-4-5-7-20(17)28/h4-13,15H,14H2,1-3H3. The molecule has 0 atom stereocenters. The highest BCUT2D eigenvalue weighted by Gasteiger charge is 2.23. The van der Waals surface area contributed by atoms with E-state index in [-0.39, 0.29) is 40.7 Å². The molecular formula is C26H22BrFN4O5. The summed E-state index contributed by atoms with van der Waals surface area (Å²) in [7, 11) is 1.34. The van der Waals surface area contributed by atoms with Gasteiger partial charge in [-0.3, -0.25) is 14.9 Å². The van der Waals surface area contributed by atoms with Crippen LogP contribution in [0.15, 0.2) is 69.0 Å². The molecule has 0 spiro atoms. The van der Waals surface area contributed by atoms with Gasteiger partial charge in [0.15, 0.2) is 5.75 Å². The zero-order valence-corrected chi connectivity index (χ0v) is 21.7. The highest BCUT2D eigenvalue weighted by molar-refractivity contribution is 9.10. The first-order valence-electron chi connectivity index (χ1n) is 11.2. The number of halogens is 2. The van der Waals surface area contributed by atoms with Gasteiger partial charge in [0.1, 0.15) is 18.2 Å². The van der Waals surface area contributed by atoms with E-state index in [4.69, 9.17) is 9.47 Å². The normalized spacial score (nSPS) is 11.4. The van der Waals surface area contributed by atoms with Crippen molar-refractivity contribution in [2.75, 3.05) is 7.11 Å². The van der Waals surface area contributed by atoms with Crippen LogP contribution < -0.4 is 15.0 Å². The van der Waals surface area contributed by atoms with Crippen LogP contribution in [0.5, 0.6) is 11.5 Å². The molecule has 0 saturated carbocycles. The molecule has 9 nitrogen and oxygen atoms in total. The van der Waals surface area contributed by atoms with E-state index in [0.717, 1.165) is 4.47 Å². The Bertz CT molecular complexity index is 1590. The van der Waals surface area contributed by atoms with E-state index in [1.807, 2.05) is 13.8 Å². The van der Waals surface area contributed by atoms with Crippen LogP contribution in [0.4, 0.5) is 10.1 Å². The molecule has 4 rings (SSSR count). The predicted molar refractivity (Wildman–Crippen MR) is 141 cm³/mol. The minimum absolute atomic E-state index is 0.0592. The van der Waals surface area contributed by atoms with Crippen LogP contribution in [0.25, 0.3) is 10.9 Å². The molecule has 0 radical (unpaired) electrons. The van der Waals surface area contributed by atoms with E-state index in [2.05, 4.69) is 26.0 Å². The average molecular weight is 569 g/mol. The maximum atomic E-state index is 14.0. The first-order valence-corrected chi connectivity index (χ1v) is 12.0. The number of benzene rings is 3. The Morgan fingerprint density at radius 2 is 1.97 bits per heavy atom. The van der Waals surface area contributed by atoms with Crippen LogP contribution in [0.1, 0.15) is 36.7 Å². The van der Waals surface area contributed by atoms with Gasteiger partial charge in [0, 0.05) is 27.6 Å². The summed E-state index contributed by atoms with van der Waals surface area (Å²) in [6.07, 6.45) is 1.31. The van der Waals surface area contributed by atoms with Crippen molar-refractivity contribution < 1.29 is 18.8 Å². The number of ether oxygens (including phenoxy) is 2. The van der Waals surface area contributed by atoms with Gasteiger partial charge in [-0.05, 0) is 30.3 Å². The minimum Gasteiger partial charge on any atom is -0.493 e. The molecule has 0 N–H and O–H groups in total. The molecule has 0 amide bonds. The molecule has 4 aromatic rings. The van der Waals surface area contributed by atoms with Gasteiger partial charge in [-0.25, -0.2) is 9.37 Å². The van der Waals surface area contributed by atoms with Gasteiger partial charge >= 0.3 is 5.69 Å². The van der Waals surface area contributed by atoms with Crippen LogP contribution in [0.2, 0.25) is 0 Å². The predicted octanol–water partition coefficient (Wildman–Crippen LogP) is 5.80. The van der Waals surface area contributed by atoms with Crippen molar-refractivity contribution in [1.82, 2.24) is 9.66 Å². The molecule has 0 unspecified atom stereocenters. The lowest BCUT2D eigenvalue weighted by Gasteiger charge is -2.13. The summed E-state index contributed by atoms with van der Waals surface area (Å²) in [6.45, 7) is 3.53. The van der Waals surface area contributed by atoms with Gasteiger partial charge in [0.05, 0.1) is 29.2 Å². The Balaban J connectivity index is 1.76. The summed E-state index contributed by atoms with van der Waals surface area (Å²) in [6, 6.07) is 13.9. The Kier molecular flexibility index (Phi) is 7.63. The number of hydrogen-bond donors (Lipinski definition) is 0. The molecule has 3 aromatic carbocycles. The lowest BCUT2D eigenvalue weighted by atomic mass is 10.1. The molecular weight excluding hydrogens is 547 g/mol. The molecule has 0 aliphatic rings. The van der Waals surface area contributed by atoms with Crippen molar-refractivity contribution in [2.24, 2.45) is 5.10 Å². The number of nitro benzene ring substituents is 1. The van der Waals surface area contributed by atoms with Crippen molar-refractivity contribution in [3.63, 3.8) is 0 Å². The molecule has 11 heteroatoms. The number of fused-ring (bicyclic) bond motifs is 1. The number of nitro groups is 1. The van der Waals surface area contributed by atoms with Gasteiger partial charge in [-0.15, -0.1) is 0 Å². The molecule has 0 aliphatic heterocycles. The fourth-order valence-electron chi connectivity index (χ4n) is 3.66. The van der Waals surface area contributed by atoms with Crippen LogP contribution >= 0.6 is 15.9 Å². The van der Waals surface area contributed by atoms with E-state index in [9.17, 15) is 19.3 Å². The Morgan fingerprint density at radius 3 is 2.65 bits per heavy atom. The highest BCUT2D eigenvalue weighted by atomic mass is 79.9. The number of methoxy groups -OCH3 is 1. The second-order valence-corrected chi connectivity index (χ2v) is 9.27. The third-order valence-corrected chi connectivity index (χ3v) is 5.97. The van der Waals surface area contributed by atoms with E-state index in [0.29, 0.717) is 16.7 Å². The summed E-state index contributed by atoms with van der Waals surface area (Å²) in [5.41, 5.74) is 0.293. The van der Waals surface area contributed by atoms with Gasteiger partial charge in [-0.2, -0.15) is 9.78 Å². The number of nitrogens with zero attached hydrogens (tertiary/aromatic N) is 4. The number of rotatable bonds is 8. The maximum absolute atomic E-state index is 14.0. The summed E-state index contributed by atoms with van der Waals surface area (Å²) < 4.78 is 26.9. The fraction of sp³-hybridized carbons (Fsp3) is 0.192. The number of aromatic nitrogens is 2. The quantitative estimate of drug-likeness (QED) is 0.151. The minimum atomic E-state index is -0.628. The maximum Gasteiger partial charge on any atom is 0.315 e. The van der Waals surface area contributed by atoms with Crippen molar-refractivity contribution in [2.45, 2.75) is 26.4 Å². The third-order valence-electron chi connectivity index (χ3n) is 5.48. The van der Waals surface area contributed by atoms with Gasteiger partial charge in [0.2, 0.25) is 5.75 Å².